The van der Waals surface area contributed by atoms with E-state index in [0.717, 1.165) is 21.1 Å². The van der Waals surface area contributed by atoms with E-state index >= 15 is 0 Å². The quantitative estimate of drug-likeness (QED) is 0.709. The molecular formula is C17H17N5OS2. The molecule has 1 amide bonds. The van der Waals surface area contributed by atoms with Crippen LogP contribution in [0.5, 0.6) is 0 Å². The van der Waals surface area contributed by atoms with Gasteiger partial charge in [-0.1, -0.05) is 29.5 Å². The number of carbonyl (C=O) groups excluding carboxylic acids is 1. The lowest BCUT2D eigenvalue weighted by Crippen LogP contribution is -2.33. The topological polar surface area (TPSA) is 71.0 Å². The van der Waals surface area contributed by atoms with Crippen LogP contribution < -0.4 is 10.2 Å². The molecule has 1 unspecified atom stereocenters. The summed E-state index contributed by atoms with van der Waals surface area (Å²) in [5.74, 6) is 0.761. The molecule has 0 radical (unpaired) electrons. The van der Waals surface area contributed by atoms with Crippen LogP contribution in [0.25, 0.3) is 10.3 Å². The SMILES string of the molecule is CSc1nc2ncnc(NC3CCN(c4ccc(C)cc4)C3=O)c2s1. The largest absolute Gasteiger partial charge is 0.357 e. The molecule has 1 atom stereocenters. The first-order valence-electron chi connectivity index (χ1n) is 7.96. The van der Waals surface area contributed by atoms with Crippen molar-refractivity contribution in [3.8, 4) is 0 Å². The standard InChI is InChI=1S/C17H17N5OS2/c1-10-3-5-11(6-4-10)22-8-7-12(16(22)23)20-14-13-15(19-9-18-14)21-17(24-2)25-13/h3-6,9,12H,7-8H2,1-2H3,(H,18,19,20). The Kier molecular flexibility index (Phi) is 4.30. The summed E-state index contributed by atoms with van der Waals surface area (Å²) >= 11 is 3.13. The van der Waals surface area contributed by atoms with Gasteiger partial charge in [0.1, 0.15) is 22.9 Å². The molecule has 0 aliphatic carbocycles. The predicted molar refractivity (Wildman–Crippen MR) is 103 cm³/mol. The zero-order valence-corrected chi connectivity index (χ0v) is 15.5. The third-order valence-electron chi connectivity index (χ3n) is 4.21. The Bertz CT molecular complexity index is 924. The minimum atomic E-state index is -0.278. The highest BCUT2D eigenvalue weighted by molar-refractivity contribution is 8.00. The fraction of sp³-hybridized carbons (Fsp3) is 0.294. The molecule has 1 saturated heterocycles. The van der Waals surface area contributed by atoms with Crippen molar-refractivity contribution in [1.82, 2.24) is 15.0 Å². The van der Waals surface area contributed by atoms with Crippen LogP contribution >= 0.6 is 23.1 Å². The summed E-state index contributed by atoms with van der Waals surface area (Å²) in [5.41, 5.74) is 2.80. The van der Waals surface area contributed by atoms with Crippen LogP contribution in [-0.4, -0.2) is 39.7 Å². The Labute approximate surface area is 153 Å². The summed E-state index contributed by atoms with van der Waals surface area (Å²) in [7, 11) is 0. The maximum Gasteiger partial charge on any atom is 0.249 e. The lowest BCUT2D eigenvalue weighted by molar-refractivity contribution is -0.117. The first kappa shape index (κ1) is 16.3. The lowest BCUT2D eigenvalue weighted by Gasteiger charge is -2.17. The van der Waals surface area contributed by atoms with E-state index in [4.69, 9.17) is 0 Å². The molecule has 0 spiro atoms. The van der Waals surface area contributed by atoms with Gasteiger partial charge in [-0.3, -0.25) is 4.79 Å². The smallest absolute Gasteiger partial charge is 0.249 e. The van der Waals surface area contributed by atoms with Gasteiger partial charge < -0.3 is 10.2 Å². The average molecular weight is 371 g/mol. The van der Waals surface area contributed by atoms with Crippen LogP contribution in [0.2, 0.25) is 0 Å². The van der Waals surface area contributed by atoms with Gasteiger partial charge in [-0.2, -0.15) is 0 Å². The van der Waals surface area contributed by atoms with Crippen molar-refractivity contribution >= 4 is 50.9 Å². The van der Waals surface area contributed by atoms with E-state index in [1.54, 1.807) is 23.1 Å². The number of thioether (sulfide) groups is 1. The molecule has 6 nitrogen and oxygen atoms in total. The number of hydrogen-bond acceptors (Lipinski definition) is 7. The minimum absolute atomic E-state index is 0.0743. The molecule has 1 aromatic carbocycles. The number of hydrogen-bond donors (Lipinski definition) is 1. The number of carbonyl (C=O) groups is 1. The molecule has 2 aromatic heterocycles. The van der Waals surface area contributed by atoms with Gasteiger partial charge in [-0.15, -0.1) is 11.3 Å². The van der Waals surface area contributed by atoms with Crippen molar-refractivity contribution in [1.29, 1.82) is 0 Å². The maximum absolute atomic E-state index is 12.8. The van der Waals surface area contributed by atoms with Crippen molar-refractivity contribution in [2.24, 2.45) is 0 Å². The Morgan fingerprint density at radius 1 is 1.28 bits per heavy atom. The van der Waals surface area contributed by atoms with E-state index in [2.05, 4.69) is 20.3 Å². The van der Waals surface area contributed by atoms with Gasteiger partial charge >= 0.3 is 0 Å². The van der Waals surface area contributed by atoms with Gasteiger partial charge in [0.2, 0.25) is 5.91 Å². The van der Waals surface area contributed by atoms with Gasteiger partial charge in [0, 0.05) is 12.2 Å². The molecule has 25 heavy (non-hydrogen) atoms. The van der Waals surface area contributed by atoms with Crippen LogP contribution in [-0.2, 0) is 4.79 Å². The molecule has 3 heterocycles. The van der Waals surface area contributed by atoms with E-state index in [9.17, 15) is 4.79 Å². The van der Waals surface area contributed by atoms with E-state index in [1.165, 1.54) is 11.9 Å². The van der Waals surface area contributed by atoms with Crippen molar-refractivity contribution in [3.63, 3.8) is 0 Å². The number of aromatic nitrogens is 3. The van der Waals surface area contributed by atoms with Gasteiger partial charge in [0.25, 0.3) is 0 Å². The first-order chi connectivity index (χ1) is 12.2. The summed E-state index contributed by atoms with van der Waals surface area (Å²) in [6.07, 6.45) is 4.22. The Morgan fingerprint density at radius 2 is 2.08 bits per heavy atom. The third kappa shape index (κ3) is 3.07. The highest BCUT2D eigenvalue weighted by atomic mass is 32.2. The zero-order chi connectivity index (χ0) is 17.4. The highest BCUT2D eigenvalue weighted by Crippen LogP contribution is 2.32. The maximum atomic E-state index is 12.8. The summed E-state index contributed by atoms with van der Waals surface area (Å²) < 4.78 is 1.84. The number of benzene rings is 1. The highest BCUT2D eigenvalue weighted by Gasteiger charge is 2.33. The van der Waals surface area contributed by atoms with Crippen LogP contribution in [0, 0.1) is 6.92 Å². The molecule has 4 rings (SSSR count). The van der Waals surface area contributed by atoms with Crippen molar-refractivity contribution in [3.05, 3.63) is 36.2 Å². The molecule has 1 aliphatic rings. The molecule has 3 aromatic rings. The second kappa shape index (κ2) is 6.61. The minimum Gasteiger partial charge on any atom is -0.357 e. The van der Waals surface area contributed by atoms with Gasteiger partial charge in [-0.05, 0) is 31.7 Å². The number of nitrogens with one attached hydrogen (secondary N) is 1. The molecule has 128 valence electrons. The average Bonchev–Trinajstić information content (AvgIpc) is 3.20. The Hall–Kier alpha value is -2.19. The fourth-order valence-electron chi connectivity index (χ4n) is 2.88. The fourth-order valence-corrected chi connectivity index (χ4v) is 4.35. The van der Waals surface area contributed by atoms with Crippen LogP contribution in [0.15, 0.2) is 34.9 Å². The first-order valence-corrected chi connectivity index (χ1v) is 10.00. The van der Waals surface area contributed by atoms with E-state index in [1.807, 2.05) is 42.3 Å². The molecule has 0 bridgehead atoms. The van der Waals surface area contributed by atoms with Gasteiger partial charge in [0.15, 0.2) is 9.99 Å². The number of thiazole rings is 1. The summed E-state index contributed by atoms with van der Waals surface area (Å²) in [6, 6.07) is 7.76. The number of nitrogens with zero attached hydrogens (tertiary/aromatic N) is 4. The van der Waals surface area contributed by atoms with E-state index < -0.39 is 0 Å². The molecule has 1 aliphatic heterocycles. The third-order valence-corrected chi connectivity index (χ3v) is 6.24. The van der Waals surface area contributed by atoms with E-state index in [-0.39, 0.29) is 11.9 Å². The van der Waals surface area contributed by atoms with Crippen molar-refractivity contribution < 1.29 is 4.79 Å². The molecule has 8 heteroatoms. The van der Waals surface area contributed by atoms with Crippen LogP contribution in [0.1, 0.15) is 12.0 Å². The number of aryl methyl sites for hydroxylation is 1. The Balaban J connectivity index is 1.57. The van der Waals surface area contributed by atoms with Crippen molar-refractivity contribution in [2.45, 2.75) is 23.7 Å². The Morgan fingerprint density at radius 3 is 2.84 bits per heavy atom. The van der Waals surface area contributed by atoms with Crippen molar-refractivity contribution in [2.75, 3.05) is 23.0 Å². The second-order valence-corrected chi connectivity index (χ2v) is 7.92. The second-order valence-electron chi connectivity index (χ2n) is 5.87. The number of anilines is 2. The number of fused-ring (bicyclic) bond motifs is 1. The lowest BCUT2D eigenvalue weighted by atomic mass is 10.2. The van der Waals surface area contributed by atoms with Gasteiger partial charge in [-0.25, -0.2) is 15.0 Å². The summed E-state index contributed by atoms with van der Waals surface area (Å²) in [5, 5.41) is 3.30. The van der Waals surface area contributed by atoms with E-state index in [0.29, 0.717) is 18.0 Å². The summed E-state index contributed by atoms with van der Waals surface area (Å²) in [6.45, 7) is 2.74. The summed E-state index contributed by atoms with van der Waals surface area (Å²) in [4.78, 5) is 27.6. The molecule has 1 fully saturated rings. The van der Waals surface area contributed by atoms with Crippen LogP contribution in [0.4, 0.5) is 11.5 Å². The van der Waals surface area contributed by atoms with Gasteiger partial charge in [0.05, 0.1) is 0 Å². The normalized spacial score (nSPS) is 17.4. The molecule has 0 saturated carbocycles. The molecular weight excluding hydrogens is 354 g/mol. The number of rotatable bonds is 4. The van der Waals surface area contributed by atoms with Crippen LogP contribution in [0.3, 0.4) is 0 Å². The molecule has 1 N–H and O–H groups in total. The monoisotopic (exact) mass is 371 g/mol. The predicted octanol–water partition coefficient (Wildman–Crippen LogP) is 3.33. The zero-order valence-electron chi connectivity index (χ0n) is 13.9. The number of amides is 1.